The van der Waals surface area contributed by atoms with E-state index in [0.29, 0.717) is 29.1 Å². The van der Waals surface area contributed by atoms with Gasteiger partial charge in [0, 0.05) is 35.2 Å². The first-order valence-corrected chi connectivity index (χ1v) is 12.6. The number of fused-ring (bicyclic) bond motifs is 3. The molecule has 2 aromatic carbocycles. The van der Waals surface area contributed by atoms with E-state index in [1.807, 2.05) is 43.3 Å². The van der Waals surface area contributed by atoms with Crippen molar-refractivity contribution in [1.29, 1.82) is 0 Å². The molecule has 6 nitrogen and oxygen atoms in total. The molecular weight excluding hydrogens is 454 g/mol. The number of thioether (sulfide) groups is 1. The van der Waals surface area contributed by atoms with Crippen molar-refractivity contribution in [3.63, 3.8) is 0 Å². The predicted octanol–water partition coefficient (Wildman–Crippen LogP) is 5.71. The summed E-state index contributed by atoms with van der Waals surface area (Å²) in [5, 5.41) is 14.3. The Kier molecular flexibility index (Phi) is 7.50. The molecule has 2 aromatic heterocycles. The van der Waals surface area contributed by atoms with Crippen LogP contribution in [0.25, 0.3) is 22.1 Å². The van der Waals surface area contributed by atoms with Crippen LogP contribution in [0.3, 0.4) is 0 Å². The SMILES string of the molecule is CC(C)C(C)NC(=O)CCCSc1nnc2c3ccccc3n(Cc3cccc(Cl)c3)c2n1. The van der Waals surface area contributed by atoms with Crippen molar-refractivity contribution in [1.82, 2.24) is 25.1 Å². The second-order valence-electron chi connectivity index (χ2n) is 8.55. The average molecular weight is 482 g/mol. The Morgan fingerprint density at radius 2 is 1.94 bits per heavy atom. The third kappa shape index (κ3) is 5.65. The molecule has 1 atom stereocenters. The second kappa shape index (κ2) is 10.5. The van der Waals surface area contributed by atoms with Crippen molar-refractivity contribution in [3.8, 4) is 0 Å². The molecule has 0 fully saturated rings. The molecule has 4 aromatic rings. The van der Waals surface area contributed by atoms with Crippen molar-refractivity contribution < 1.29 is 4.79 Å². The number of aromatic nitrogens is 4. The van der Waals surface area contributed by atoms with Crippen LogP contribution in [0.2, 0.25) is 5.02 Å². The Hall–Kier alpha value is -2.64. The van der Waals surface area contributed by atoms with Crippen LogP contribution in [0.15, 0.2) is 53.7 Å². The smallest absolute Gasteiger partial charge is 0.220 e. The third-order valence-electron chi connectivity index (χ3n) is 5.75. The number of carbonyl (C=O) groups excluding carboxylic acids is 1. The topological polar surface area (TPSA) is 72.7 Å². The second-order valence-corrected chi connectivity index (χ2v) is 10.1. The third-order valence-corrected chi connectivity index (χ3v) is 6.91. The maximum Gasteiger partial charge on any atom is 0.220 e. The molecule has 1 N–H and O–H groups in total. The highest BCUT2D eigenvalue weighted by molar-refractivity contribution is 7.99. The van der Waals surface area contributed by atoms with Gasteiger partial charge in [-0.3, -0.25) is 4.79 Å². The molecule has 2 heterocycles. The Bertz CT molecular complexity index is 1270. The summed E-state index contributed by atoms with van der Waals surface area (Å²) in [4.78, 5) is 16.9. The normalized spacial score (nSPS) is 12.5. The van der Waals surface area contributed by atoms with E-state index in [2.05, 4.69) is 46.1 Å². The number of amides is 1. The van der Waals surface area contributed by atoms with Crippen LogP contribution in [0.1, 0.15) is 39.2 Å². The van der Waals surface area contributed by atoms with Crippen molar-refractivity contribution in [2.45, 2.75) is 51.4 Å². The highest BCUT2D eigenvalue weighted by Crippen LogP contribution is 2.28. The van der Waals surface area contributed by atoms with Crippen LogP contribution >= 0.6 is 23.4 Å². The molecule has 0 bridgehead atoms. The van der Waals surface area contributed by atoms with E-state index in [1.165, 1.54) is 11.8 Å². The van der Waals surface area contributed by atoms with Crippen LogP contribution in [0, 0.1) is 5.92 Å². The van der Waals surface area contributed by atoms with Crippen LogP contribution < -0.4 is 5.32 Å². The predicted molar refractivity (Wildman–Crippen MR) is 136 cm³/mol. The van der Waals surface area contributed by atoms with E-state index >= 15 is 0 Å². The molecular formula is C25H28ClN5OS. The van der Waals surface area contributed by atoms with E-state index in [-0.39, 0.29) is 11.9 Å². The fourth-order valence-electron chi connectivity index (χ4n) is 3.62. The molecule has 0 spiro atoms. The lowest BCUT2D eigenvalue weighted by molar-refractivity contribution is -0.121. The monoisotopic (exact) mass is 481 g/mol. The van der Waals surface area contributed by atoms with Gasteiger partial charge < -0.3 is 9.88 Å². The number of para-hydroxylation sites is 1. The van der Waals surface area contributed by atoms with Crippen LogP contribution in [0.5, 0.6) is 0 Å². The van der Waals surface area contributed by atoms with E-state index in [1.54, 1.807) is 0 Å². The maximum absolute atomic E-state index is 12.1. The summed E-state index contributed by atoms with van der Waals surface area (Å²) in [6.07, 6.45) is 1.25. The quantitative estimate of drug-likeness (QED) is 0.244. The van der Waals surface area contributed by atoms with Gasteiger partial charge in [0.1, 0.15) is 5.52 Å². The highest BCUT2D eigenvalue weighted by atomic mass is 35.5. The maximum atomic E-state index is 12.1. The van der Waals surface area contributed by atoms with Crippen molar-refractivity contribution in [2.24, 2.45) is 5.92 Å². The summed E-state index contributed by atoms with van der Waals surface area (Å²) in [5.41, 5.74) is 3.75. The average Bonchev–Trinajstić information content (AvgIpc) is 3.10. The van der Waals surface area contributed by atoms with Gasteiger partial charge in [0.15, 0.2) is 5.65 Å². The number of nitrogens with zero attached hydrogens (tertiary/aromatic N) is 4. The molecule has 33 heavy (non-hydrogen) atoms. The standard InChI is InChI=1S/C25H28ClN5OS/c1-16(2)17(3)27-22(32)12-7-13-33-25-28-24-23(29-30-25)20-10-4-5-11-21(20)31(24)15-18-8-6-9-19(26)14-18/h4-6,8-11,14,16-17H,7,12-13,15H2,1-3H3,(H,27,32). The van der Waals surface area contributed by atoms with Crippen LogP contribution in [-0.2, 0) is 11.3 Å². The van der Waals surface area contributed by atoms with Gasteiger partial charge in [0.05, 0.1) is 5.52 Å². The minimum absolute atomic E-state index is 0.0907. The number of hydrogen-bond donors (Lipinski definition) is 1. The van der Waals surface area contributed by atoms with E-state index in [9.17, 15) is 4.79 Å². The first kappa shape index (κ1) is 23.5. The summed E-state index contributed by atoms with van der Waals surface area (Å²) in [7, 11) is 0. The number of rotatable bonds is 9. The molecule has 172 valence electrons. The summed E-state index contributed by atoms with van der Waals surface area (Å²) in [6, 6.07) is 16.2. The lowest BCUT2D eigenvalue weighted by Crippen LogP contribution is -2.35. The van der Waals surface area contributed by atoms with Gasteiger partial charge in [0.25, 0.3) is 0 Å². The van der Waals surface area contributed by atoms with E-state index < -0.39 is 0 Å². The first-order chi connectivity index (χ1) is 15.9. The Morgan fingerprint density at radius 1 is 1.12 bits per heavy atom. The zero-order valence-electron chi connectivity index (χ0n) is 19.1. The van der Waals surface area contributed by atoms with Gasteiger partial charge in [-0.1, -0.05) is 67.5 Å². The van der Waals surface area contributed by atoms with Gasteiger partial charge in [0.2, 0.25) is 11.1 Å². The summed E-state index contributed by atoms with van der Waals surface area (Å²) in [6.45, 7) is 6.88. The Balaban J connectivity index is 1.51. The zero-order chi connectivity index (χ0) is 23.4. The molecule has 1 amide bonds. The molecule has 0 saturated heterocycles. The summed E-state index contributed by atoms with van der Waals surface area (Å²) in [5.74, 6) is 1.27. The van der Waals surface area contributed by atoms with Gasteiger partial charge >= 0.3 is 0 Å². The fourth-order valence-corrected chi connectivity index (χ4v) is 4.55. The molecule has 4 rings (SSSR count). The minimum Gasteiger partial charge on any atom is -0.353 e. The van der Waals surface area contributed by atoms with E-state index in [4.69, 9.17) is 16.6 Å². The highest BCUT2D eigenvalue weighted by Gasteiger charge is 2.16. The number of halogens is 1. The molecule has 1 unspecified atom stereocenters. The minimum atomic E-state index is 0.0907. The summed E-state index contributed by atoms with van der Waals surface area (Å²) >= 11 is 7.73. The van der Waals surface area contributed by atoms with Gasteiger partial charge in [-0.2, -0.15) is 0 Å². The Labute approximate surface area is 203 Å². The first-order valence-electron chi connectivity index (χ1n) is 11.2. The van der Waals surface area contributed by atoms with Gasteiger partial charge in [-0.15, -0.1) is 10.2 Å². The van der Waals surface area contributed by atoms with Crippen molar-refractivity contribution >= 4 is 51.3 Å². The molecule has 0 aliphatic carbocycles. The van der Waals surface area contributed by atoms with Gasteiger partial charge in [-0.05, 0) is 43.0 Å². The van der Waals surface area contributed by atoms with Crippen LogP contribution in [-0.4, -0.2) is 37.5 Å². The van der Waals surface area contributed by atoms with E-state index in [0.717, 1.165) is 39.8 Å². The summed E-state index contributed by atoms with van der Waals surface area (Å²) < 4.78 is 2.16. The molecule has 0 aliphatic rings. The molecule has 0 aliphatic heterocycles. The number of hydrogen-bond acceptors (Lipinski definition) is 5. The fraction of sp³-hybridized carbons (Fsp3) is 0.360. The molecule has 8 heteroatoms. The van der Waals surface area contributed by atoms with Crippen molar-refractivity contribution in [2.75, 3.05) is 5.75 Å². The number of benzene rings is 2. The van der Waals surface area contributed by atoms with Crippen molar-refractivity contribution in [3.05, 3.63) is 59.1 Å². The lowest BCUT2D eigenvalue weighted by Gasteiger charge is -2.17. The van der Waals surface area contributed by atoms with Gasteiger partial charge in [-0.25, -0.2) is 4.98 Å². The lowest BCUT2D eigenvalue weighted by atomic mass is 10.1. The molecule has 0 radical (unpaired) electrons. The Morgan fingerprint density at radius 3 is 2.73 bits per heavy atom. The molecule has 0 saturated carbocycles. The van der Waals surface area contributed by atoms with Crippen LogP contribution in [0.4, 0.5) is 0 Å². The largest absolute Gasteiger partial charge is 0.353 e. The number of nitrogens with one attached hydrogen (secondary N) is 1. The zero-order valence-corrected chi connectivity index (χ0v) is 20.7. The number of carbonyl (C=O) groups is 1.